The van der Waals surface area contributed by atoms with Gasteiger partial charge in [-0.15, -0.1) is 0 Å². The topological polar surface area (TPSA) is 40.6 Å². The second-order valence-corrected chi connectivity index (χ2v) is 4.62. The molecule has 0 aliphatic heterocycles. The average molecular weight is 247 g/mol. The summed E-state index contributed by atoms with van der Waals surface area (Å²) in [4.78, 5) is 0. The van der Waals surface area contributed by atoms with Crippen molar-refractivity contribution in [2.24, 2.45) is 17.3 Å². The molecule has 0 atom stereocenters. The van der Waals surface area contributed by atoms with Crippen molar-refractivity contribution in [3.05, 3.63) is 35.3 Å². The molecule has 5 heteroatoms. The van der Waals surface area contributed by atoms with Crippen LogP contribution in [-0.4, -0.2) is 7.05 Å². The van der Waals surface area contributed by atoms with Crippen molar-refractivity contribution in [1.82, 2.24) is 0 Å². The van der Waals surface area contributed by atoms with E-state index in [2.05, 4.69) is 22.5 Å². The molecular weight excluding hydrogens is 232 g/mol. The van der Waals surface area contributed by atoms with Crippen LogP contribution < -0.4 is 9.88 Å². The smallest absolute Gasteiger partial charge is 0.388 e. The van der Waals surface area contributed by atoms with Gasteiger partial charge in [0.2, 0.25) is 0 Å². The fourth-order valence-corrected chi connectivity index (χ4v) is 2.19. The van der Waals surface area contributed by atoms with Gasteiger partial charge in [-0.2, -0.15) is 0 Å². The lowest BCUT2D eigenvalue weighted by atomic mass is 10.2. The Bertz CT molecular complexity index is 545. The maximum Gasteiger partial charge on any atom is 0.408 e. The van der Waals surface area contributed by atoms with Crippen LogP contribution in [0.1, 0.15) is 5.56 Å². The van der Waals surface area contributed by atoms with Crippen LogP contribution >= 0.6 is 11.3 Å². The lowest BCUT2D eigenvalue weighted by molar-refractivity contribution is -0.654. The Hall–Kier alpha value is -1.75. The Morgan fingerprint density at radius 1 is 1.29 bits per heavy atom. The van der Waals surface area contributed by atoms with Gasteiger partial charge in [-0.1, -0.05) is 0 Å². The number of aryl methyl sites for hydroxylation is 2. The van der Waals surface area contributed by atoms with Crippen LogP contribution in [0.25, 0.3) is 0 Å². The highest BCUT2D eigenvalue weighted by molar-refractivity contribution is 7.12. The Morgan fingerprint density at radius 3 is 2.71 bits per heavy atom. The summed E-state index contributed by atoms with van der Waals surface area (Å²) in [6.45, 7) is 2.05. The maximum absolute atomic E-state index is 4.23. The second-order valence-electron chi connectivity index (χ2n) is 3.75. The third kappa shape index (κ3) is 2.68. The molecule has 0 aliphatic rings. The molecule has 4 nitrogen and oxygen atoms in total. The van der Waals surface area contributed by atoms with Crippen LogP contribution in [0.3, 0.4) is 0 Å². The summed E-state index contributed by atoms with van der Waals surface area (Å²) < 4.78 is 1.95. The van der Waals surface area contributed by atoms with Gasteiger partial charge in [0, 0.05) is 18.1 Å². The molecular formula is C12H15N4S+. The molecule has 0 spiro atoms. The predicted molar refractivity (Wildman–Crippen MR) is 70.4 cm³/mol. The van der Waals surface area contributed by atoms with E-state index >= 15 is 0 Å². The van der Waals surface area contributed by atoms with Crippen molar-refractivity contribution < 1.29 is 4.57 Å². The van der Waals surface area contributed by atoms with E-state index in [1.807, 2.05) is 48.4 Å². The highest BCUT2D eigenvalue weighted by Crippen LogP contribution is 2.23. The number of aromatic nitrogens is 1. The number of anilines is 1. The van der Waals surface area contributed by atoms with Gasteiger partial charge in [0.1, 0.15) is 11.9 Å². The van der Waals surface area contributed by atoms with Crippen molar-refractivity contribution in [2.45, 2.75) is 6.92 Å². The number of nitrogens with one attached hydrogen (secondary N) is 1. The summed E-state index contributed by atoms with van der Waals surface area (Å²) in [5.74, 6) is 0. The first-order valence-electron chi connectivity index (χ1n) is 5.34. The van der Waals surface area contributed by atoms with E-state index < -0.39 is 0 Å². The van der Waals surface area contributed by atoms with E-state index in [1.165, 1.54) is 5.56 Å². The van der Waals surface area contributed by atoms with Crippen molar-refractivity contribution in [3.63, 3.8) is 0 Å². The van der Waals surface area contributed by atoms with E-state index in [1.54, 1.807) is 11.3 Å². The van der Waals surface area contributed by atoms with E-state index in [4.69, 9.17) is 0 Å². The Balaban J connectivity index is 2.22. The van der Waals surface area contributed by atoms with Gasteiger partial charge in [-0.05, 0) is 47.1 Å². The number of benzene rings is 1. The zero-order valence-electron chi connectivity index (χ0n) is 10.1. The van der Waals surface area contributed by atoms with E-state index in [0.29, 0.717) is 0 Å². The first-order chi connectivity index (χ1) is 8.20. The van der Waals surface area contributed by atoms with E-state index in [0.717, 1.165) is 16.5 Å². The van der Waals surface area contributed by atoms with Crippen LogP contribution in [0, 0.1) is 6.92 Å². The number of thiazole rings is 1. The largest absolute Gasteiger partial charge is 0.408 e. The maximum atomic E-state index is 4.23. The molecule has 1 aromatic carbocycles. The summed E-state index contributed by atoms with van der Waals surface area (Å²) in [5, 5.41) is 14.5. The summed E-state index contributed by atoms with van der Waals surface area (Å²) in [5.41, 5.74) is 3.15. The summed E-state index contributed by atoms with van der Waals surface area (Å²) >= 11 is 1.57. The number of hydrogen-bond donors (Lipinski definition) is 1. The van der Waals surface area contributed by atoms with Crippen LogP contribution in [-0.2, 0) is 7.05 Å². The first-order valence-corrected chi connectivity index (χ1v) is 6.22. The highest BCUT2D eigenvalue weighted by Gasteiger charge is 2.07. The lowest BCUT2D eigenvalue weighted by Gasteiger charge is -2.03. The summed E-state index contributed by atoms with van der Waals surface area (Å²) in [6.07, 6.45) is 1.97. The second kappa shape index (κ2) is 5.05. The number of azo groups is 1. The number of rotatable bonds is 3. The minimum Gasteiger partial charge on any atom is -0.388 e. The molecule has 0 aliphatic carbocycles. The molecule has 2 aromatic rings. The quantitative estimate of drug-likeness (QED) is 0.656. The van der Waals surface area contributed by atoms with Gasteiger partial charge in [0.25, 0.3) is 0 Å². The third-order valence-corrected chi connectivity index (χ3v) is 3.33. The molecule has 0 saturated carbocycles. The van der Waals surface area contributed by atoms with E-state index in [-0.39, 0.29) is 0 Å². The molecule has 0 saturated heterocycles. The fourth-order valence-electron chi connectivity index (χ4n) is 1.51. The van der Waals surface area contributed by atoms with Crippen molar-refractivity contribution in [1.29, 1.82) is 0 Å². The van der Waals surface area contributed by atoms with Crippen LogP contribution in [0.5, 0.6) is 0 Å². The zero-order valence-corrected chi connectivity index (χ0v) is 11.0. The lowest BCUT2D eigenvalue weighted by Crippen LogP contribution is -2.23. The van der Waals surface area contributed by atoms with Crippen LogP contribution in [0.15, 0.2) is 40.0 Å². The van der Waals surface area contributed by atoms with E-state index in [9.17, 15) is 0 Å². The molecule has 0 unspecified atom stereocenters. The standard InChI is InChI=1S/C12H14N4S/c1-9-8-10(4-5-11(9)13-2)14-15-12-16(3)6-7-17-12/h4-8H,1-3H3/p+1. The molecule has 0 bridgehead atoms. The monoisotopic (exact) mass is 247 g/mol. The summed E-state index contributed by atoms with van der Waals surface area (Å²) in [7, 11) is 3.87. The van der Waals surface area contributed by atoms with Crippen molar-refractivity contribution in [3.8, 4) is 0 Å². The Labute approximate surface area is 105 Å². The third-order valence-electron chi connectivity index (χ3n) is 2.49. The molecule has 1 aromatic heterocycles. The highest BCUT2D eigenvalue weighted by atomic mass is 32.1. The normalized spacial score (nSPS) is 11.0. The fraction of sp³-hybridized carbons (Fsp3) is 0.250. The molecule has 0 radical (unpaired) electrons. The van der Waals surface area contributed by atoms with Crippen molar-refractivity contribution in [2.75, 3.05) is 12.4 Å². The number of nitrogens with zero attached hydrogens (tertiary/aromatic N) is 3. The Morgan fingerprint density at radius 2 is 2.12 bits per heavy atom. The zero-order chi connectivity index (χ0) is 12.3. The predicted octanol–water partition coefficient (Wildman–Crippen LogP) is 3.34. The van der Waals surface area contributed by atoms with Gasteiger partial charge >= 0.3 is 5.13 Å². The minimum absolute atomic E-state index is 0.870. The molecule has 2 rings (SSSR count). The van der Waals surface area contributed by atoms with Crippen LogP contribution in [0.2, 0.25) is 0 Å². The van der Waals surface area contributed by atoms with Gasteiger partial charge in [0.05, 0.1) is 12.2 Å². The molecule has 1 heterocycles. The van der Waals surface area contributed by atoms with Crippen LogP contribution in [0.4, 0.5) is 16.5 Å². The summed E-state index contributed by atoms with van der Waals surface area (Å²) in [6, 6.07) is 5.98. The average Bonchev–Trinajstić information content (AvgIpc) is 2.72. The van der Waals surface area contributed by atoms with Crippen molar-refractivity contribution >= 4 is 27.8 Å². The molecule has 88 valence electrons. The molecule has 17 heavy (non-hydrogen) atoms. The molecule has 1 N–H and O–H groups in total. The van der Waals surface area contributed by atoms with Gasteiger partial charge < -0.3 is 5.32 Å². The number of hydrogen-bond acceptors (Lipinski definition) is 4. The minimum atomic E-state index is 0.870. The van der Waals surface area contributed by atoms with Gasteiger partial charge in [0.15, 0.2) is 0 Å². The SMILES string of the molecule is CNc1ccc(N=Nc2scc[n+]2C)cc1C. The van der Waals surface area contributed by atoms with Gasteiger partial charge in [-0.3, -0.25) is 0 Å². The van der Waals surface area contributed by atoms with Gasteiger partial charge in [-0.25, -0.2) is 4.57 Å². The molecule has 0 amide bonds. The first kappa shape index (κ1) is 11.7. The Kier molecular flexibility index (Phi) is 3.49. The molecule has 0 fully saturated rings.